The van der Waals surface area contributed by atoms with E-state index in [2.05, 4.69) is 4.98 Å². The third-order valence-corrected chi connectivity index (χ3v) is 4.89. The maximum atomic E-state index is 13.1. The number of halogens is 1. The summed E-state index contributed by atoms with van der Waals surface area (Å²) in [6, 6.07) is 9.61. The number of amides is 1. The third kappa shape index (κ3) is 5.19. The Labute approximate surface area is 170 Å². The zero-order valence-electron chi connectivity index (χ0n) is 17.4. The molecule has 0 spiro atoms. The van der Waals surface area contributed by atoms with Crippen LogP contribution in [0.1, 0.15) is 57.0 Å². The number of anilines is 1. The molecule has 0 fully saturated rings. The summed E-state index contributed by atoms with van der Waals surface area (Å²) < 4.78 is 18.6. The Kier molecular flexibility index (Phi) is 6.01. The molecule has 1 atom stereocenters. The monoisotopic (exact) mass is 398 g/mol. The fourth-order valence-corrected chi connectivity index (χ4v) is 3.33. The number of carbonyl (C=O) groups excluding carboxylic acids is 2. The number of pyridine rings is 1. The molecule has 2 heterocycles. The first-order chi connectivity index (χ1) is 13.6. The van der Waals surface area contributed by atoms with Crippen molar-refractivity contribution < 1.29 is 18.7 Å². The molecule has 0 aliphatic carbocycles. The summed E-state index contributed by atoms with van der Waals surface area (Å²) in [6.07, 6.45) is 1.39. The largest absolute Gasteiger partial charge is 0.443 e. The van der Waals surface area contributed by atoms with Gasteiger partial charge in [-0.25, -0.2) is 9.18 Å². The van der Waals surface area contributed by atoms with Gasteiger partial charge in [0.2, 0.25) is 0 Å². The van der Waals surface area contributed by atoms with Gasteiger partial charge in [-0.3, -0.25) is 14.7 Å². The van der Waals surface area contributed by atoms with Crippen molar-refractivity contribution in [1.82, 2.24) is 4.98 Å². The highest BCUT2D eigenvalue weighted by molar-refractivity contribution is 5.90. The lowest BCUT2D eigenvalue weighted by atomic mass is 9.95. The van der Waals surface area contributed by atoms with Crippen molar-refractivity contribution in [3.05, 3.63) is 59.2 Å². The van der Waals surface area contributed by atoms with E-state index in [4.69, 9.17) is 4.74 Å². The Morgan fingerprint density at radius 3 is 2.52 bits per heavy atom. The van der Waals surface area contributed by atoms with Gasteiger partial charge in [0.25, 0.3) is 0 Å². The maximum Gasteiger partial charge on any atom is 0.414 e. The minimum Gasteiger partial charge on any atom is -0.443 e. The average molecular weight is 398 g/mol. The van der Waals surface area contributed by atoms with Gasteiger partial charge in [0.15, 0.2) is 0 Å². The standard InChI is InChI=1S/C23H27FN2O3/c1-15(21(27)14-16-7-9-17(24)10-8-16)18-11-12-20-19(25-18)6-5-13-26(20)22(28)29-23(2,3)4/h7-12,15H,5-6,13-14H2,1-4H3. The first-order valence-electron chi connectivity index (χ1n) is 9.91. The summed E-state index contributed by atoms with van der Waals surface area (Å²) in [5.41, 5.74) is 2.44. The number of aryl methyl sites for hydroxylation is 1. The van der Waals surface area contributed by atoms with Gasteiger partial charge in [-0.05, 0) is 70.4 Å². The lowest BCUT2D eigenvalue weighted by Crippen LogP contribution is -2.40. The molecule has 3 rings (SSSR count). The zero-order valence-corrected chi connectivity index (χ0v) is 17.4. The van der Waals surface area contributed by atoms with E-state index >= 15 is 0 Å². The van der Waals surface area contributed by atoms with Gasteiger partial charge in [-0.15, -0.1) is 0 Å². The van der Waals surface area contributed by atoms with Crippen molar-refractivity contribution in [2.75, 3.05) is 11.4 Å². The van der Waals surface area contributed by atoms with Gasteiger partial charge in [-0.1, -0.05) is 12.1 Å². The molecule has 29 heavy (non-hydrogen) atoms. The van der Waals surface area contributed by atoms with Crippen LogP contribution in [-0.2, 0) is 22.4 Å². The number of rotatable bonds is 4. The number of nitrogens with zero attached hydrogens (tertiary/aromatic N) is 2. The molecule has 5 nitrogen and oxygen atoms in total. The Morgan fingerprint density at radius 1 is 1.17 bits per heavy atom. The maximum absolute atomic E-state index is 13.1. The predicted octanol–water partition coefficient (Wildman–Crippen LogP) is 4.82. The lowest BCUT2D eigenvalue weighted by molar-refractivity contribution is -0.119. The van der Waals surface area contributed by atoms with Gasteiger partial charge >= 0.3 is 6.09 Å². The van der Waals surface area contributed by atoms with E-state index in [0.717, 1.165) is 29.8 Å². The fourth-order valence-electron chi connectivity index (χ4n) is 3.33. The molecule has 1 aromatic carbocycles. The number of ketones is 1. The summed E-state index contributed by atoms with van der Waals surface area (Å²) in [5, 5.41) is 0. The van der Waals surface area contributed by atoms with Gasteiger partial charge in [0.05, 0.1) is 23.0 Å². The topological polar surface area (TPSA) is 59.5 Å². The number of hydrogen-bond donors (Lipinski definition) is 0. The van der Waals surface area contributed by atoms with E-state index in [-0.39, 0.29) is 30.0 Å². The van der Waals surface area contributed by atoms with Crippen molar-refractivity contribution in [3.63, 3.8) is 0 Å². The smallest absolute Gasteiger partial charge is 0.414 e. The predicted molar refractivity (Wildman–Crippen MR) is 110 cm³/mol. The highest BCUT2D eigenvalue weighted by Gasteiger charge is 2.29. The lowest BCUT2D eigenvalue weighted by Gasteiger charge is -2.31. The van der Waals surface area contributed by atoms with Gasteiger partial charge in [0.1, 0.15) is 17.2 Å². The second-order valence-corrected chi connectivity index (χ2v) is 8.43. The molecule has 0 bridgehead atoms. The van der Waals surface area contributed by atoms with E-state index in [1.807, 2.05) is 33.8 Å². The highest BCUT2D eigenvalue weighted by atomic mass is 19.1. The highest BCUT2D eigenvalue weighted by Crippen LogP contribution is 2.29. The van der Waals surface area contributed by atoms with Crippen LogP contribution in [0.25, 0.3) is 0 Å². The van der Waals surface area contributed by atoms with E-state index in [1.54, 1.807) is 23.1 Å². The summed E-state index contributed by atoms with van der Waals surface area (Å²) in [7, 11) is 0. The average Bonchev–Trinajstić information content (AvgIpc) is 2.66. The normalized spacial score (nSPS) is 14.9. The first-order valence-corrected chi connectivity index (χ1v) is 9.91. The molecule has 1 aliphatic rings. The molecule has 154 valence electrons. The quantitative estimate of drug-likeness (QED) is 0.741. The van der Waals surface area contributed by atoms with Crippen molar-refractivity contribution in [3.8, 4) is 0 Å². The van der Waals surface area contributed by atoms with Crippen LogP contribution in [0.15, 0.2) is 36.4 Å². The molecule has 0 saturated carbocycles. The van der Waals surface area contributed by atoms with Crippen molar-refractivity contribution in [1.29, 1.82) is 0 Å². The van der Waals surface area contributed by atoms with Crippen LogP contribution in [-0.4, -0.2) is 29.0 Å². The van der Waals surface area contributed by atoms with E-state index < -0.39 is 5.60 Å². The second-order valence-electron chi connectivity index (χ2n) is 8.43. The molecule has 0 N–H and O–H groups in total. The molecule has 6 heteroatoms. The van der Waals surface area contributed by atoms with Crippen LogP contribution in [0, 0.1) is 5.82 Å². The number of hydrogen-bond acceptors (Lipinski definition) is 4. The Balaban J connectivity index is 1.76. The van der Waals surface area contributed by atoms with Gasteiger partial charge in [0, 0.05) is 13.0 Å². The number of aromatic nitrogens is 1. The first kappa shape index (κ1) is 21.0. The van der Waals surface area contributed by atoms with E-state index in [1.165, 1.54) is 12.1 Å². The molecule has 1 unspecified atom stereocenters. The van der Waals surface area contributed by atoms with Crippen LogP contribution in [0.4, 0.5) is 14.9 Å². The number of Topliss-reactive ketones (excluding diaryl/α,β-unsaturated/α-hetero) is 1. The zero-order chi connectivity index (χ0) is 21.2. The number of fused-ring (bicyclic) bond motifs is 1. The fraction of sp³-hybridized carbons (Fsp3) is 0.435. The van der Waals surface area contributed by atoms with E-state index in [0.29, 0.717) is 12.2 Å². The number of carbonyl (C=O) groups is 2. The molecular weight excluding hydrogens is 371 g/mol. The Bertz CT molecular complexity index is 903. The Morgan fingerprint density at radius 2 is 1.86 bits per heavy atom. The van der Waals surface area contributed by atoms with Gasteiger partial charge in [-0.2, -0.15) is 0 Å². The van der Waals surface area contributed by atoms with Crippen LogP contribution in [0.5, 0.6) is 0 Å². The second kappa shape index (κ2) is 8.31. The molecule has 2 aromatic rings. The van der Waals surface area contributed by atoms with Crippen molar-refractivity contribution >= 4 is 17.6 Å². The summed E-state index contributed by atoms with van der Waals surface area (Å²) in [6.45, 7) is 7.93. The molecule has 0 saturated heterocycles. The Hall–Kier alpha value is -2.76. The third-order valence-electron chi connectivity index (χ3n) is 4.89. The van der Waals surface area contributed by atoms with Crippen LogP contribution >= 0.6 is 0 Å². The number of ether oxygens (including phenoxy) is 1. The number of benzene rings is 1. The summed E-state index contributed by atoms with van der Waals surface area (Å²) in [4.78, 5) is 31.5. The van der Waals surface area contributed by atoms with Crippen molar-refractivity contribution in [2.45, 2.75) is 58.5 Å². The molecule has 0 radical (unpaired) electrons. The van der Waals surface area contributed by atoms with Crippen LogP contribution in [0.3, 0.4) is 0 Å². The summed E-state index contributed by atoms with van der Waals surface area (Å²) in [5.74, 6) is -0.689. The SMILES string of the molecule is CC(C(=O)Cc1ccc(F)cc1)c1ccc2c(n1)CCCN2C(=O)OC(C)(C)C. The molecule has 1 aromatic heterocycles. The van der Waals surface area contributed by atoms with E-state index in [9.17, 15) is 14.0 Å². The minimum atomic E-state index is -0.566. The molecule has 1 amide bonds. The summed E-state index contributed by atoms with van der Waals surface area (Å²) >= 11 is 0. The molecular formula is C23H27FN2O3. The van der Waals surface area contributed by atoms with Gasteiger partial charge < -0.3 is 4.74 Å². The minimum absolute atomic E-state index is 0.0175. The van der Waals surface area contributed by atoms with Crippen LogP contribution < -0.4 is 4.90 Å². The van der Waals surface area contributed by atoms with Crippen LogP contribution in [0.2, 0.25) is 0 Å². The van der Waals surface area contributed by atoms with Crippen molar-refractivity contribution in [2.24, 2.45) is 0 Å². The molecule has 1 aliphatic heterocycles.